The molecule has 0 bridgehead atoms. The number of carboxylic acids is 1. The van der Waals surface area contributed by atoms with Gasteiger partial charge in [-0.2, -0.15) is 0 Å². The number of rotatable bonds is 3. The largest absolute Gasteiger partial charge is 0.478 e. The topological polar surface area (TPSA) is 50.2 Å². The van der Waals surface area contributed by atoms with Gasteiger partial charge in [0.2, 0.25) is 0 Å². The number of aromatic nitrogens is 1. The molecule has 0 fully saturated rings. The van der Waals surface area contributed by atoms with E-state index in [9.17, 15) is 4.79 Å². The maximum absolute atomic E-state index is 10.8. The second kappa shape index (κ2) is 4.95. The van der Waals surface area contributed by atoms with Crippen molar-refractivity contribution in [1.82, 2.24) is 4.98 Å². The summed E-state index contributed by atoms with van der Waals surface area (Å²) in [5.74, 6) is -0.912. The summed E-state index contributed by atoms with van der Waals surface area (Å²) in [6.07, 6.45) is 0. The van der Waals surface area contributed by atoms with E-state index in [1.54, 1.807) is 46.9 Å². The summed E-state index contributed by atoms with van der Waals surface area (Å²) in [4.78, 5) is 16.5. The highest BCUT2D eigenvalue weighted by molar-refractivity contribution is 7.15. The smallest absolute Gasteiger partial charge is 0.335 e. The van der Waals surface area contributed by atoms with Crippen LogP contribution in [0, 0.1) is 0 Å². The number of nitrogens with zero attached hydrogens (tertiary/aromatic N) is 1. The maximum atomic E-state index is 10.8. The lowest BCUT2D eigenvalue weighted by molar-refractivity contribution is 0.0697. The van der Waals surface area contributed by atoms with Crippen LogP contribution in [0.1, 0.15) is 10.4 Å². The fourth-order valence-corrected chi connectivity index (χ4v) is 3.29. The zero-order valence-electron chi connectivity index (χ0n) is 9.74. The van der Waals surface area contributed by atoms with Gasteiger partial charge in [-0.25, -0.2) is 9.78 Å². The lowest BCUT2D eigenvalue weighted by Gasteiger charge is -1.97. The van der Waals surface area contributed by atoms with Crippen molar-refractivity contribution >= 4 is 28.6 Å². The monoisotopic (exact) mass is 287 g/mol. The van der Waals surface area contributed by atoms with Crippen molar-refractivity contribution in [2.24, 2.45) is 0 Å². The summed E-state index contributed by atoms with van der Waals surface area (Å²) < 4.78 is 0. The second-order valence-corrected chi connectivity index (χ2v) is 5.70. The quantitative estimate of drug-likeness (QED) is 0.784. The average Bonchev–Trinajstić information content (AvgIpc) is 3.10. The Balaban J connectivity index is 1.92. The van der Waals surface area contributed by atoms with Gasteiger partial charge in [0.1, 0.15) is 5.01 Å². The van der Waals surface area contributed by atoms with Gasteiger partial charge in [0.25, 0.3) is 0 Å². The molecule has 0 spiro atoms. The van der Waals surface area contributed by atoms with Gasteiger partial charge in [-0.1, -0.05) is 18.2 Å². The Morgan fingerprint density at radius 1 is 1.11 bits per heavy atom. The summed E-state index contributed by atoms with van der Waals surface area (Å²) >= 11 is 3.22. The molecule has 94 valence electrons. The summed E-state index contributed by atoms with van der Waals surface area (Å²) in [6, 6.07) is 10.8. The van der Waals surface area contributed by atoms with Crippen LogP contribution in [0.15, 0.2) is 47.2 Å². The van der Waals surface area contributed by atoms with E-state index in [4.69, 9.17) is 5.11 Å². The molecule has 5 heteroatoms. The number of carbonyl (C=O) groups is 1. The van der Waals surface area contributed by atoms with Gasteiger partial charge in [0.05, 0.1) is 16.1 Å². The van der Waals surface area contributed by atoms with E-state index in [0.29, 0.717) is 5.56 Å². The first-order chi connectivity index (χ1) is 9.24. The molecule has 2 aromatic heterocycles. The highest BCUT2D eigenvalue weighted by Crippen LogP contribution is 2.31. The van der Waals surface area contributed by atoms with E-state index >= 15 is 0 Å². The standard InChI is InChI=1S/C14H9NO2S2/c16-14(17)10-5-3-9(4-6-10)13-15-11(8-19-13)12-2-1-7-18-12/h1-8H,(H,16,17). The van der Waals surface area contributed by atoms with Crippen LogP contribution in [0.25, 0.3) is 21.1 Å². The van der Waals surface area contributed by atoms with Crippen molar-refractivity contribution in [1.29, 1.82) is 0 Å². The van der Waals surface area contributed by atoms with Crippen molar-refractivity contribution in [2.75, 3.05) is 0 Å². The molecule has 0 saturated heterocycles. The van der Waals surface area contributed by atoms with Crippen LogP contribution in [0.5, 0.6) is 0 Å². The van der Waals surface area contributed by atoms with Crippen LogP contribution >= 0.6 is 22.7 Å². The van der Waals surface area contributed by atoms with E-state index in [-0.39, 0.29) is 0 Å². The number of hydrogen-bond donors (Lipinski definition) is 1. The fourth-order valence-electron chi connectivity index (χ4n) is 1.70. The molecule has 1 aromatic carbocycles. The fraction of sp³-hybridized carbons (Fsp3) is 0. The van der Waals surface area contributed by atoms with E-state index in [1.165, 1.54) is 0 Å². The number of benzene rings is 1. The van der Waals surface area contributed by atoms with Gasteiger partial charge in [0.15, 0.2) is 0 Å². The van der Waals surface area contributed by atoms with Gasteiger partial charge in [-0.3, -0.25) is 0 Å². The van der Waals surface area contributed by atoms with Crippen molar-refractivity contribution < 1.29 is 9.90 Å². The highest BCUT2D eigenvalue weighted by atomic mass is 32.1. The van der Waals surface area contributed by atoms with Gasteiger partial charge < -0.3 is 5.11 Å². The number of thiazole rings is 1. The van der Waals surface area contributed by atoms with Crippen molar-refractivity contribution in [2.45, 2.75) is 0 Å². The van der Waals surface area contributed by atoms with Crippen LogP contribution in [0.3, 0.4) is 0 Å². The summed E-state index contributed by atoms with van der Waals surface area (Å²) in [6.45, 7) is 0. The molecule has 19 heavy (non-hydrogen) atoms. The number of thiophene rings is 1. The van der Waals surface area contributed by atoms with Crippen LogP contribution in [-0.4, -0.2) is 16.1 Å². The maximum Gasteiger partial charge on any atom is 0.335 e. The number of hydrogen-bond acceptors (Lipinski definition) is 4. The third-order valence-electron chi connectivity index (χ3n) is 2.66. The molecule has 0 saturated carbocycles. The van der Waals surface area contributed by atoms with Gasteiger partial charge >= 0.3 is 5.97 Å². The summed E-state index contributed by atoms with van der Waals surface area (Å²) in [5, 5.41) is 13.8. The van der Waals surface area contributed by atoms with Crippen molar-refractivity contribution in [3.8, 4) is 21.1 Å². The second-order valence-electron chi connectivity index (χ2n) is 3.90. The number of carboxylic acid groups (broad SMARTS) is 1. The molecule has 2 heterocycles. The predicted molar refractivity (Wildman–Crippen MR) is 77.8 cm³/mol. The van der Waals surface area contributed by atoms with Crippen LogP contribution in [0.2, 0.25) is 0 Å². The van der Waals surface area contributed by atoms with E-state index in [2.05, 4.69) is 4.98 Å². The zero-order valence-corrected chi connectivity index (χ0v) is 11.4. The molecule has 0 atom stereocenters. The first kappa shape index (κ1) is 12.1. The molecule has 0 aliphatic rings. The predicted octanol–water partition coefficient (Wildman–Crippen LogP) is 4.24. The molecule has 3 rings (SSSR count). The summed E-state index contributed by atoms with van der Waals surface area (Å²) in [7, 11) is 0. The molecule has 3 nitrogen and oxygen atoms in total. The molecule has 0 radical (unpaired) electrons. The first-order valence-corrected chi connectivity index (χ1v) is 7.33. The SMILES string of the molecule is O=C(O)c1ccc(-c2nc(-c3cccs3)cs2)cc1. The van der Waals surface area contributed by atoms with E-state index < -0.39 is 5.97 Å². The van der Waals surface area contributed by atoms with Crippen LogP contribution in [0.4, 0.5) is 0 Å². The van der Waals surface area contributed by atoms with E-state index in [1.807, 2.05) is 22.9 Å². The van der Waals surface area contributed by atoms with Crippen molar-refractivity contribution in [3.05, 3.63) is 52.7 Å². The Morgan fingerprint density at radius 3 is 2.53 bits per heavy atom. The molecule has 3 aromatic rings. The molecule has 0 aliphatic heterocycles. The highest BCUT2D eigenvalue weighted by Gasteiger charge is 2.08. The Bertz CT molecular complexity index is 699. The van der Waals surface area contributed by atoms with Crippen LogP contribution in [-0.2, 0) is 0 Å². The molecule has 0 unspecified atom stereocenters. The van der Waals surface area contributed by atoms with Gasteiger partial charge in [-0.05, 0) is 23.6 Å². The van der Waals surface area contributed by atoms with Crippen molar-refractivity contribution in [3.63, 3.8) is 0 Å². The van der Waals surface area contributed by atoms with Gasteiger partial charge in [-0.15, -0.1) is 22.7 Å². The van der Waals surface area contributed by atoms with E-state index in [0.717, 1.165) is 21.1 Å². The third-order valence-corrected chi connectivity index (χ3v) is 4.44. The molecule has 0 aliphatic carbocycles. The molecule has 1 N–H and O–H groups in total. The Kier molecular flexibility index (Phi) is 3.15. The average molecular weight is 287 g/mol. The minimum Gasteiger partial charge on any atom is -0.478 e. The Morgan fingerprint density at radius 2 is 1.89 bits per heavy atom. The Hall–Kier alpha value is -1.98. The first-order valence-electron chi connectivity index (χ1n) is 5.57. The normalized spacial score (nSPS) is 10.5. The molecular weight excluding hydrogens is 278 g/mol. The molecular formula is C14H9NO2S2. The zero-order chi connectivity index (χ0) is 13.2. The molecule has 0 amide bonds. The van der Waals surface area contributed by atoms with Gasteiger partial charge in [0, 0.05) is 10.9 Å². The minimum atomic E-state index is -0.912. The minimum absolute atomic E-state index is 0.291. The Labute approximate surface area is 117 Å². The van der Waals surface area contributed by atoms with Crippen LogP contribution < -0.4 is 0 Å². The lowest BCUT2D eigenvalue weighted by Crippen LogP contribution is -1.94. The lowest BCUT2D eigenvalue weighted by atomic mass is 10.1. The number of aromatic carboxylic acids is 1. The third kappa shape index (κ3) is 2.43. The summed E-state index contributed by atoms with van der Waals surface area (Å²) in [5.41, 5.74) is 2.20.